The van der Waals surface area contributed by atoms with Gasteiger partial charge in [-0.05, 0) is 71.1 Å². The number of Topliss-reactive ketones (excluding diaryl/α,β-unsaturated/α-hetero) is 1. The lowest BCUT2D eigenvalue weighted by Gasteiger charge is -2.23. The molecule has 0 saturated carbocycles. The number of hydrogen-bond acceptors (Lipinski definition) is 3. The van der Waals surface area contributed by atoms with E-state index in [1.54, 1.807) is 22.7 Å². The van der Waals surface area contributed by atoms with Crippen LogP contribution >= 0.6 is 45.9 Å². The minimum absolute atomic E-state index is 0.224. The van der Waals surface area contributed by atoms with Crippen LogP contribution in [0.3, 0.4) is 0 Å². The molecule has 2 aromatic heterocycles. The zero-order valence-corrected chi connectivity index (χ0v) is 19.3. The van der Waals surface area contributed by atoms with Crippen LogP contribution in [0.4, 0.5) is 0 Å². The number of carbonyl (C=O) groups excluding carboxylic acids is 1. The van der Waals surface area contributed by atoms with Crippen molar-refractivity contribution in [3.05, 3.63) is 114 Å². The van der Waals surface area contributed by atoms with Gasteiger partial charge < -0.3 is 0 Å². The van der Waals surface area contributed by atoms with Gasteiger partial charge in [-0.1, -0.05) is 59.6 Å². The summed E-state index contributed by atoms with van der Waals surface area (Å²) in [6.45, 7) is 0. The summed E-state index contributed by atoms with van der Waals surface area (Å²) in [4.78, 5) is 16.4. The first-order valence-corrected chi connectivity index (χ1v) is 12.2. The summed E-state index contributed by atoms with van der Waals surface area (Å²) in [5, 5.41) is 5.46. The van der Waals surface area contributed by atoms with Crippen molar-refractivity contribution in [2.45, 2.75) is 24.7 Å². The van der Waals surface area contributed by atoms with Crippen LogP contribution in [0, 0.1) is 0 Å². The highest BCUT2D eigenvalue weighted by Crippen LogP contribution is 2.34. The molecule has 30 heavy (non-hydrogen) atoms. The predicted octanol–water partition coefficient (Wildman–Crippen LogP) is 8.04. The van der Waals surface area contributed by atoms with Gasteiger partial charge in [-0.2, -0.15) is 0 Å². The van der Waals surface area contributed by atoms with Crippen molar-refractivity contribution in [1.82, 2.24) is 0 Å². The minimum atomic E-state index is -0.235. The first kappa shape index (κ1) is 21.3. The average Bonchev–Trinajstić information content (AvgIpc) is 3.46. The molecule has 0 amide bonds. The number of hydrogen-bond donors (Lipinski definition) is 0. The highest BCUT2D eigenvalue weighted by Gasteiger charge is 2.30. The molecule has 0 radical (unpaired) electrons. The maximum atomic E-state index is 14.0. The van der Waals surface area contributed by atoms with E-state index in [-0.39, 0.29) is 17.6 Å². The zero-order chi connectivity index (χ0) is 20.9. The molecule has 0 spiro atoms. The molecule has 2 atom stereocenters. The Morgan fingerprint density at radius 3 is 1.40 bits per heavy atom. The van der Waals surface area contributed by atoms with Crippen LogP contribution in [0.15, 0.2) is 83.6 Å². The lowest BCUT2D eigenvalue weighted by atomic mass is 9.80. The largest absolute Gasteiger partial charge is 0.298 e. The molecule has 5 heteroatoms. The fraction of sp³-hybridized carbons (Fsp3) is 0.160. The molecule has 0 aliphatic rings. The maximum Gasteiger partial charge on any atom is 0.148 e. The van der Waals surface area contributed by atoms with Gasteiger partial charge in [0.1, 0.15) is 5.78 Å². The van der Waals surface area contributed by atoms with Gasteiger partial charge in [0, 0.05) is 31.6 Å². The number of carbonyl (C=O) groups is 1. The topological polar surface area (TPSA) is 17.1 Å². The highest BCUT2D eigenvalue weighted by atomic mass is 35.5. The molecule has 4 aromatic rings. The predicted molar refractivity (Wildman–Crippen MR) is 129 cm³/mol. The van der Waals surface area contributed by atoms with E-state index in [1.165, 1.54) is 9.75 Å². The Bertz CT molecular complexity index is 982. The smallest absolute Gasteiger partial charge is 0.148 e. The highest BCUT2D eigenvalue weighted by molar-refractivity contribution is 7.10. The number of rotatable bonds is 8. The third kappa shape index (κ3) is 5.22. The van der Waals surface area contributed by atoms with E-state index in [1.807, 2.05) is 60.7 Å². The number of ketones is 1. The Kier molecular flexibility index (Phi) is 7.06. The first-order valence-electron chi connectivity index (χ1n) is 9.69. The summed E-state index contributed by atoms with van der Waals surface area (Å²) in [5.41, 5.74) is 2.01. The van der Waals surface area contributed by atoms with Crippen LogP contribution in [0.2, 0.25) is 10.0 Å². The summed E-state index contributed by atoms with van der Waals surface area (Å²) in [5.74, 6) is -0.246. The molecule has 0 saturated heterocycles. The summed E-state index contributed by atoms with van der Waals surface area (Å²) in [6, 6.07) is 23.6. The summed E-state index contributed by atoms with van der Waals surface area (Å²) < 4.78 is 0. The monoisotopic (exact) mass is 470 g/mol. The van der Waals surface area contributed by atoms with Gasteiger partial charge >= 0.3 is 0 Å². The van der Waals surface area contributed by atoms with Crippen molar-refractivity contribution in [3.8, 4) is 0 Å². The van der Waals surface area contributed by atoms with Gasteiger partial charge in [-0.15, -0.1) is 22.7 Å². The molecule has 1 nitrogen and oxygen atoms in total. The van der Waals surface area contributed by atoms with Crippen molar-refractivity contribution >= 4 is 51.7 Å². The van der Waals surface area contributed by atoms with Gasteiger partial charge in [0.25, 0.3) is 0 Å². The number of thiophene rings is 2. The van der Waals surface area contributed by atoms with Gasteiger partial charge in [0.05, 0.1) is 0 Å². The van der Waals surface area contributed by atoms with E-state index >= 15 is 0 Å². The maximum absolute atomic E-state index is 14.0. The Morgan fingerprint density at radius 1 is 0.667 bits per heavy atom. The molecule has 152 valence electrons. The molecule has 2 aromatic carbocycles. The van der Waals surface area contributed by atoms with Crippen LogP contribution in [0.25, 0.3) is 0 Å². The average molecular weight is 471 g/mol. The van der Waals surface area contributed by atoms with Gasteiger partial charge in [-0.25, -0.2) is 0 Å². The third-order valence-electron chi connectivity index (χ3n) is 5.20. The number of benzene rings is 2. The van der Waals surface area contributed by atoms with Crippen LogP contribution < -0.4 is 0 Å². The van der Waals surface area contributed by atoms with Crippen LogP contribution in [0.1, 0.15) is 32.7 Å². The van der Waals surface area contributed by atoms with Crippen molar-refractivity contribution in [1.29, 1.82) is 0 Å². The van der Waals surface area contributed by atoms with Crippen LogP contribution in [0.5, 0.6) is 0 Å². The Hall–Kier alpha value is -1.91. The normalized spacial score (nSPS) is 13.1. The number of halogens is 2. The SMILES string of the molecule is O=C(C(Cc1cccs1)c1ccc(Cl)cc1)C(Cc1cccs1)c1ccc(Cl)cc1. The summed E-state index contributed by atoms with van der Waals surface area (Å²) in [6.07, 6.45) is 1.37. The fourth-order valence-corrected chi connectivity index (χ4v) is 5.41. The van der Waals surface area contributed by atoms with Crippen molar-refractivity contribution in [2.24, 2.45) is 0 Å². The molecule has 2 heterocycles. The second-order valence-corrected chi connectivity index (χ2v) is 10.1. The second-order valence-electron chi connectivity index (χ2n) is 7.18. The standard InChI is InChI=1S/C25H20Cl2OS2/c26-19-9-5-17(6-10-19)23(15-21-3-1-13-29-21)25(28)24(16-22-4-2-14-30-22)18-7-11-20(27)12-8-18/h1-14,23-24H,15-16H2. The zero-order valence-electron chi connectivity index (χ0n) is 16.1. The Labute approximate surface area is 194 Å². The molecular formula is C25H20Cl2OS2. The van der Waals surface area contributed by atoms with Crippen molar-refractivity contribution < 1.29 is 4.79 Å². The van der Waals surface area contributed by atoms with E-state index in [0.29, 0.717) is 22.9 Å². The fourth-order valence-electron chi connectivity index (χ4n) is 3.66. The Balaban J connectivity index is 1.72. The molecule has 0 aliphatic heterocycles. The van der Waals surface area contributed by atoms with Crippen LogP contribution in [-0.4, -0.2) is 5.78 Å². The molecule has 0 bridgehead atoms. The van der Waals surface area contributed by atoms with Gasteiger partial charge in [0.15, 0.2) is 0 Å². The molecular weight excluding hydrogens is 451 g/mol. The summed E-state index contributed by atoms with van der Waals surface area (Å²) in [7, 11) is 0. The van der Waals surface area contributed by atoms with E-state index in [0.717, 1.165) is 11.1 Å². The van der Waals surface area contributed by atoms with Gasteiger partial charge in [0.2, 0.25) is 0 Å². The lowest BCUT2D eigenvalue weighted by Crippen LogP contribution is -2.24. The quantitative estimate of drug-likeness (QED) is 0.254. The van der Waals surface area contributed by atoms with Gasteiger partial charge in [-0.3, -0.25) is 4.79 Å². The van der Waals surface area contributed by atoms with E-state index in [9.17, 15) is 4.79 Å². The molecule has 4 rings (SSSR count). The van der Waals surface area contributed by atoms with Crippen molar-refractivity contribution in [3.63, 3.8) is 0 Å². The van der Waals surface area contributed by atoms with Crippen molar-refractivity contribution in [2.75, 3.05) is 0 Å². The van der Waals surface area contributed by atoms with E-state index < -0.39 is 0 Å². The third-order valence-corrected chi connectivity index (χ3v) is 7.50. The molecule has 0 N–H and O–H groups in total. The van der Waals surface area contributed by atoms with Crippen LogP contribution in [-0.2, 0) is 17.6 Å². The summed E-state index contributed by atoms with van der Waals surface area (Å²) >= 11 is 15.6. The second kappa shape index (κ2) is 9.93. The molecule has 0 aliphatic carbocycles. The van der Waals surface area contributed by atoms with E-state index in [2.05, 4.69) is 22.9 Å². The minimum Gasteiger partial charge on any atom is -0.298 e. The molecule has 2 unspecified atom stereocenters. The van der Waals surface area contributed by atoms with E-state index in [4.69, 9.17) is 23.2 Å². The molecule has 0 fully saturated rings. The lowest BCUT2D eigenvalue weighted by molar-refractivity contribution is -0.122. The first-order chi connectivity index (χ1) is 14.6. The Morgan fingerprint density at radius 2 is 1.07 bits per heavy atom.